The minimum absolute atomic E-state index is 0.0350. The van der Waals surface area contributed by atoms with E-state index in [0.29, 0.717) is 0 Å². The molecule has 2 rings (SSSR count). The van der Waals surface area contributed by atoms with Crippen LogP contribution < -0.4 is 5.32 Å². The fourth-order valence-electron chi connectivity index (χ4n) is 1.13. The second-order valence-electron chi connectivity index (χ2n) is 3.03. The molecule has 1 amide bonds. The monoisotopic (exact) mass is 258 g/mol. The van der Waals surface area contributed by atoms with Gasteiger partial charge in [-0.3, -0.25) is 4.79 Å². The first-order valence-corrected chi connectivity index (χ1v) is 4.83. The number of hydrogen-bond acceptors (Lipinski definition) is 3. The molecule has 88 valence electrons. The van der Waals surface area contributed by atoms with Gasteiger partial charge in [0.15, 0.2) is 11.0 Å². The van der Waals surface area contributed by atoms with E-state index in [9.17, 15) is 13.6 Å². The van der Waals surface area contributed by atoms with Crippen LogP contribution in [0.5, 0.6) is 0 Å². The van der Waals surface area contributed by atoms with Crippen molar-refractivity contribution in [3.63, 3.8) is 0 Å². The molecule has 0 fully saturated rings. The van der Waals surface area contributed by atoms with E-state index in [2.05, 4.69) is 10.3 Å². The highest BCUT2D eigenvalue weighted by atomic mass is 35.5. The first-order valence-electron chi connectivity index (χ1n) is 4.45. The standard InChI is InChI=1S/C10H5ClF2N2O2/c11-7-3-2-6(17-7)10(16)14-5-1-4-8(12)15-9(5)13/h1-4H,(H,14,16). The number of halogens is 3. The Hall–Kier alpha value is -1.95. The van der Waals surface area contributed by atoms with Crippen LogP contribution in [0, 0.1) is 11.9 Å². The summed E-state index contributed by atoms with van der Waals surface area (Å²) in [7, 11) is 0. The Kier molecular flexibility index (Phi) is 3.06. The molecule has 1 N–H and O–H groups in total. The zero-order chi connectivity index (χ0) is 12.4. The quantitative estimate of drug-likeness (QED) is 0.843. The summed E-state index contributed by atoms with van der Waals surface area (Å²) in [4.78, 5) is 14.4. The molecule has 0 radical (unpaired) electrons. The van der Waals surface area contributed by atoms with Gasteiger partial charge in [0.2, 0.25) is 11.9 Å². The van der Waals surface area contributed by atoms with Crippen molar-refractivity contribution in [2.24, 2.45) is 0 Å². The third-order valence-electron chi connectivity index (χ3n) is 1.86. The third kappa shape index (κ3) is 2.59. The molecule has 0 saturated heterocycles. The molecule has 0 saturated carbocycles. The lowest BCUT2D eigenvalue weighted by molar-refractivity contribution is 0.0996. The van der Waals surface area contributed by atoms with E-state index < -0.39 is 17.8 Å². The maximum atomic E-state index is 13.1. The van der Waals surface area contributed by atoms with Gasteiger partial charge in [-0.05, 0) is 35.9 Å². The second-order valence-corrected chi connectivity index (χ2v) is 3.40. The van der Waals surface area contributed by atoms with Crippen molar-refractivity contribution in [2.45, 2.75) is 0 Å². The Labute approximate surface area is 99.2 Å². The molecule has 0 aliphatic carbocycles. The molecule has 2 aromatic rings. The minimum Gasteiger partial charge on any atom is -0.440 e. The van der Waals surface area contributed by atoms with Gasteiger partial charge >= 0.3 is 0 Å². The average molecular weight is 259 g/mol. The van der Waals surface area contributed by atoms with E-state index in [-0.39, 0.29) is 16.7 Å². The number of furan rings is 1. The van der Waals surface area contributed by atoms with Crippen molar-refractivity contribution >= 4 is 23.2 Å². The molecule has 2 aromatic heterocycles. The highest BCUT2D eigenvalue weighted by Gasteiger charge is 2.14. The summed E-state index contributed by atoms with van der Waals surface area (Å²) in [6.07, 6.45) is 0. The second kappa shape index (κ2) is 4.50. The van der Waals surface area contributed by atoms with Gasteiger partial charge in [0, 0.05) is 0 Å². The number of aromatic nitrogens is 1. The highest BCUT2D eigenvalue weighted by Crippen LogP contribution is 2.16. The highest BCUT2D eigenvalue weighted by molar-refractivity contribution is 6.29. The van der Waals surface area contributed by atoms with Gasteiger partial charge in [-0.15, -0.1) is 0 Å². The number of pyridine rings is 1. The number of carbonyl (C=O) groups excluding carboxylic acids is 1. The Morgan fingerprint density at radius 3 is 2.65 bits per heavy atom. The van der Waals surface area contributed by atoms with Crippen LogP contribution in [0.4, 0.5) is 14.5 Å². The van der Waals surface area contributed by atoms with Crippen molar-refractivity contribution in [3.8, 4) is 0 Å². The van der Waals surface area contributed by atoms with E-state index in [1.54, 1.807) is 0 Å². The first kappa shape index (κ1) is 11.5. The summed E-state index contributed by atoms with van der Waals surface area (Å²) < 4.78 is 30.4. The first-order chi connectivity index (χ1) is 8.06. The molecular weight excluding hydrogens is 254 g/mol. The summed E-state index contributed by atoms with van der Waals surface area (Å²) in [5.41, 5.74) is -0.246. The number of hydrogen-bond donors (Lipinski definition) is 1. The molecule has 0 unspecified atom stereocenters. The third-order valence-corrected chi connectivity index (χ3v) is 2.06. The maximum absolute atomic E-state index is 13.1. The van der Waals surface area contributed by atoms with Crippen LogP contribution in [-0.4, -0.2) is 10.9 Å². The molecule has 0 aromatic carbocycles. The Morgan fingerprint density at radius 1 is 1.29 bits per heavy atom. The van der Waals surface area contributed by atoms with E-state index in [0.717, 1.165) is 12.1 Å². The van der Waals surface area contributed by atoms with Gasteiger partial charge < -0.3 is 9.73 Å². The number of anilines is 1. The molecule has 0 aliphatic heterocycles. The number of nitrogens with zero attached hydrogens (tertiary/aromatic N) is 1. The predicted octanol–water partition coefficient (Wildman–Crippen LogP) is 2.86. The SMILES string of the molecule is O=C(Nc1ccc(F)nc1F)c1ccc(Cl)o1. The van der Waals surface area contributed by atoms with Crippen LogP contribution in [-0.2, 0) is 0 Å². The normalized spacial score (nSPS) is 10.3. The van der Waals surface area contributed by atoms with Gasteiger partial charge in [-0.1, -0.05) is 0 Å². The van der Waals surface area contributed by atoms with E-state index >= 15 is 0 Å². The summed E-state index contributed by atoms with van der Waals surface area (Å²) in [5, 5.41) is 2.21. The van der Waals surface area contributed by atoms with Crippen LogP contribution >= 0.6 is 11.6 Å². The van der Waals surface area contributed by atoms with Crippen molar-refractivity contribution < 1.29 is 18.0 Å². The molecule has 0 bridgehead atoms. The summed E-state index contributed by atoms with van der Waals surface area (Å²) in [6.45, 7) is 0. The lowest BCUT2D eigenvalue weighted by Gasteiger charge is -2.03. The van der Waals surface area contributed by atoms with E-state index in [4.69, 9.17) is 16.0 Å². The van der Waals surface area contributed by atoms with Crippen LogP contribution in [0.3, 0.4) is 0 Å². The maximum Gasteiger partial charge on any atom is 0.291 e. The summed E-state index contributed by atoms with van der Waals surface area (Å²) in [5.74, 6) is -2.87. The molecule has 2 heterocycles. The fourth-order valence-corrected chi connectivity index (χ4v) is 1.27. The smallest absolute Gasteiger partial charge is 0.291 e. The number of amides is 1. The zero-order valence-electron chi connectivity index (χ0n) is 8.21. The van der Waals surface area contributed by atoms with Gasteiger partial charge in [-0.2, -0.15) is 13.8 Å². The van der Waals surface area contributed by atoms with Gasteiger partial charge in [-0.25, -0.2) is 0 Å². The van der Waals surface area contributed by atoms with Crippen molar-refractivity contribution in [1.29, 1.82) is 0 Å². The van der Waals surface area contributed by atoms with Crippen molar-refractivity contribution in [1.82, 2.24) is 4.98 Å². The van der Waals surface area contributed by atoms with E-state index in [1.807, 2.05) is 0 Å². The van der Waals surface area contributed by atoms with Gasteiger partial charge in [0.05, 0.1) is 5.69 Å². The number of carbonyl (C=O) groups is 1. The van der Waals surface area contributed by atoms with Gasteiger partial charge in [0.25, 0.3) is 5.91 Å². The Morgan fingerprint density at radius 2 is 2.06 bits per heavy atom. The van der Waals surface area contributed by atoms with Crippen molar-refractivity contribution in [2.75, 3.05) is 5.32 Å². The van der Waals surface area contributed by atoms with Crippen LogP contribution in [0.25, 0.3) is 0 Å². The van der Waals surface area contributed by atoms with Gasteiger partial charge in [0.1, 0.15) is 0 Å². The average Bonchev–Trinajstić information content (AvgIpc) is 2.69. The van der Waals surface area contributed by atoms with Crippen LogP contribution in [0.15, 0.2) is 28.7 Å². The van der Waals surface area contributed by atoms with E-state index in [1.165, 1.54) is 12.1 Å². The van der Waals surface area contributed by atoms with Crippen LogP contribution in [0.2, 0.25) is 5.22 Å². The van der Waals surface area contributed by atoms with Crippen LogP contribution in [0.1, 0.15) is 10.6 Å². The lowest BCUT2D eigenvalue weighted by atomic mass is 10.3. The number of rotatable bonds is 2. The zero-order valence-corrected chi connectivity index (χ0v) is 8.96. The predicted molar refractivity (Wildman–Crippen MR) is 55.8 cm³/mol. The largest absolute Gasteiger partial charge is 0.440 e. The molecular formula is C10H5ClF2N2O2. The lowest BCUT2D eigenvalue weighted by Crippen LogP contribution is -2.12. The molecule has 7 heteroatoms. The van der Waals surface area contributed by atoms with Crippen molar-refractivity contribution in [3.05, 3.63) is 47.1 Å². The molecule has 17 heavy (non-hydrogen) atoms. The Balaban J connectivity index is 2.18. The molecule has 0 atom stereocenters. The summed E-state index contributed by atoms with van der Waals surface area (Å²) >= 11 is 5.48. The summed E-state index contributed by atoms with van der Waals surface area (Å²) in [6, 6.07) is 4.68. The Bertz CT molecular complexity index is 571. The minimum atomic E-state index is -1.11. The topological polar surface area (TPSA) is 55.1 Å². The molecule has 0 spiro atoms. The number of nitrogens with one attached hydrogen (secondary N) is 1. The fraction of sp³-hybridized carbons (Fsp3) is 0. The molecule has 0 aliphatic rings. The molecule has 4 nitrogen and oxygen atoms in total.